The highest BCUT2D eigenvalue weighted by molar-refractivity contribution is 7.91. The highest BCUT2D eigenvalue weighted by Crippen LogP contribution is 2.27. The average molecular weight is 252 g/mol. The largest absolute Gasteiger partial charge is 0.479 e. The number of carbonyl (C=O) groups is 1. The Morgan fingerprint density at radius 2 is 2.12 bits per heavy atom. The van der Waals surface area contributed by atoms with E-state index in [0.717, 1.165) is 0 Å². The minimum Gasteiger partial charge on any atom is -0.479 e. The lowest BCUT2D eigenvalue weighted by molar-refractivity contribution is -0.164. The number of aliphatic carboxylic acids is 1. The monoisotopic (exact) mass is 252 g/mol. The molecule has 0 aliphatic carbocycles. The van der Waals surface area contributed by atoms with Gasteiger partial charge in [0.25, 0.3) is 0 Å². The number of carboxylic acids is 1. The van der Waals surface area contributed by atoms with Gasteiger partial charge >= 0.3 is 5.97 Å². The van der Waals surface area contributed by atoms with Crippen LogP contribution in [0.3, 0.4) is 0 Å². The summed E-state index contributed by atoms with van der Waals surface area (Å²) < 4.78 is 28.0. The Hall–Kier alpha value is -0.660. The minimum absolute atomic E-state index is 0.0192. The van der Waals surface area contributed by atoms with Crippen LogP contribution in [0.2, 0.25) is 0 Å². The van der Waals surface area contributed by atoms with E-state index in [4.69, 9.17) is 14.9 Å². The smallest absolute Gasteiger partial charge is 0.337 e. The minimum atomic E-state index is -3.34. The van der Waals surface area contributed by atoms with Gasteiger partial charge in [0.05, 0.1) is 18.1 Å². The molecule has 2 N–H and O–H groups in total. The molecule has 1 aliphatic heterocycles. The Labute approximate surface area is 94.1 Å². The Morgan fingerprint density at radius 3 is 2.62 bits per heavy atom. The van der Waals surface area contributed by atoms with Crippen molar-refractivity contribution in [2.75, 3.05) is 24.7 Å². The van der Waals surface area contributed by atoms with Crippen molar-refractivity contribution < 1.29 is 28.2 Å². The molecule has 0 bridgehead atoms. The Balaban J connectivity index is 2.76. The van der Waals surface area contributed by atoms with E-state index in [1.54, 1.807) is 0 Å². The molecule has 1 saturated heterocycles. The summed E-state index contributed by atoms with van der Waals surface area (Å²) in [7, 11) is -3.34. The van der Waals surface area contributed by atoms with Crippen molar-refractivity contribution in [2.24, 2.45) is 0 Å². The summed E-state index contributed by atoms with van der Waals surface area (Å²) in [5.74, 6) is -1.69. The molecule has 0 amide bonds. The topological polar surface area (TPSA) is 101 Å². The zero-order chi connectivity index (χ0) is 12.2. The fraction of sp³-hybridized carbons (Fsp3) is 0.889. The Bertz CT molecular complexity index is 349. The molecule has 0 aromatic heterocycles. The molecule has 1 heterocycles. The molecule has 0 saturated carbocycles. The molecule has 6 nitrogen and oxygen atoms in total. The van der Waals surface area contributed by atoms with E-state index >= 15 is 0 Å². The Morgan fingerprint density at radius 1 is 1.44 bits per heavy atom. The lowest BCUT2D eigenvalue weighted by Crippen LogP contribution is -2.51. The van der Waals surface area contributed by atoms with Crippen LogP contribution < -0.4 is 0 Å². The van der Waals surface area contributed by atoms with Gasteiger partial charge in [-0.1, -0.05) is 0 Å². The summed E-state index contributed by atoms with van der Waals surface area (Å²) in [5.41, 5.74) is -1.62. The van der Waals surface area contributed by atoms with Gasteiger partial charge in [0.2, 0.25) is 0 Å². The van der Waals surface area contributed by atoms with E-state index in [-0.39, 0.29) is 25.4 Å². The standard InChI is InChI=1S/C9H16O6S/c10-4-2-5-15-9(8(11)12)3-1-6-16(13,14)7-9/h10H,1-7H2,(H,11,12). The van der Waals surface area contributed by atoms with Crippen LogP contribution >= 0.6 is 0 Å². The van der Waals surface area contributed by atoms with Crippen molar-refractivity contribution in [1.82, 2.24) is 0 Å². The van der Waals surface area contributed by atoms with Crippen LogP contribution in [0.15, 0.2) is 0 Å². The molecule has 94 valence electrons. The zero-order valence-corrected chi connectivity index (χ0v) is 9.70. The van der Waals surface area contributed by atoms with Crippen LogP contribution in [-0.4, -0.2) is 54.9 Å². The van der Waals surface area contributed by atoms with Gasteiger partial charge in [0.15, 0.2) is 15.4 Å². The molecule has 1 aliphatic rings. The SMILES string of the molecule is O=C(O)C1(OCCCO)CCCS(=O)(=O)C1. The van der Waals surface area contributed by atoms with Crippen molar-refractivity contribution in [3.8, 4) is 0 Å². The highest BCUT2D eigenvalue weighted by Gasteiger charge is 2.46. The average Bonchev–Trinajstić information content (AvgIpc) is 2.16. The Kier molecular flexibility index (Phi) is 4.28. The van der Waals surface area contributed by atoms with Crippen molar-refractivity contribution in [3.05, 3.63) is 0 Å². The third-order valence-electron chi connectivity index (χ3n) is 2.56. The van der Waals surface area contributed by atoms with Crippen LogP contribution in [0.25, 0.3) is 0 Å². The van der Waals surface area contributed by atoms with E-state index < -0.39 is 27.2 Å². The molecular weight excluding hydrogens is 236 g/mol. The summed E-state index contributed by atoms with van der Waals surface area (Å²) in [4.78, 5) is 11.1. The van der Waals surface area contributed by atoms with Crippen LogP contribution in [0, 0.1) is 0 Å². The predicted octanol–water partition coefficient (Wildman–Crippen LogP) is -0.583. The van der Waals surface area contributed by atoms with Gasteiger partial charge in [0, 0.05) is 6.61 Å². The van der Waals surface area contributed by atoms with Crippen LogP contribution in [0.4, 0.5) is 0 Å². The van der Waals surface area contributed by atoms with E-state index in [9.17, 15) is 13.2 Å². The zero-order valence-electron chi connectivity index (χ0n) is 8.89. The molecule has 0 aromatic carbocycles. The third-order valence-corrected chi connectivity index (χ3v) is 4.38. The van der Waals surface area contributed by atoms with Gasteiger partial charge in [0.1, 0.15) is 0 Å². The van der Waals surface area contributed by atoms with Crippen LogP contribution in [0.1, 0.15) is 19.3 Å². The lowest BCUT2D eigenvalue weighted by atomic mass is 10.00. The molecule has 1 fully saturated rings. The van der Waals surface area contributed by atoms with Gasteiger partial charge in [-0.05, 0) is 19.3 Å². The summed E-state index contributed by atoms with van der Waals surface area (Å²) in [6.07, 6.45) is 0.801. The van der Waals surface area contributed by atoms with Gasteiger partial charge < -0.3 is 14.9 Å². The number of rotatable bonds is 5. The number of aliphatic hydroxyl groups is 1. The quantitative estimate of drug-likeness (QED) is 0.635. The highest BCUT2D eigenvalue weighted by atomic mass is 32.2. The first-order valence-electron chi connectivity index (χ1n) is 5.10. The predicted molar refractivity (Wildman–Crippen MR) is 55.9 cm³/mol. The molecule has 16 heavy (non-hydrogen) atoms. The fourth-order valence-corrected chi connectivity index (χ4v) is 3.54. The van der Waals surface area contributed by atoms with Crippen molar-refractivity contribution in [1.29, 1.82) is 0 Å². The lowest BCUT2D eigenvalue weighted by Gasteiger charge is -2.32. The molecule has 1 unspecified atom stereocenters. The molecule has 0 aromatic rings. The van der Waals surface area contributed by atoms with Crippen molar-refractivity contribution in [3.63, 3.8) is 0 Å². The summed E-state index contributed by atoms with van der Waals surface area (Å²) >= 11 is 0. The first-order valence-corrected chi connectivity index (χ1v) is 6.93. The molecular formula is C9H16O6S. The van der Waals surface area contributed by atoms with Gasteiger partial charge in [-0.25, -0.2) is 13.2 Å². The fourth-order valence-electron chi connectivity index (χ4n) is 1.75. The van der Waals surface area contributed by atoms with E-state index in [0.29, 0.717) is 12.8 Å². The number of hydrogen-bond acceptors (Lipinski definition) is 5. The molecule has 0 spiro atoms. The van der Waals surface area contributed by atoms with Gasteiger partial charge in [-0.15, -0.1) is 0 Å². The number of hydrogen-bond donors (Lipinski definition) is 2. The van der Waals surface area contributed by atoms with Crippen molar-refractivity contribution >= 4 is 15.8 Å². The van der Waals surface area contributed by atoms with Crippen molar-refractivity contribution in [2.45, 2.75) is 24.9 Å². The second-order valence-corrected chi connectivity index (χ2v) is 6.10. The van der Waals surface area contributed by atoms with E-state index in [1.807, 2.05) is 0 Å². The normalized spacial score (nSPS) is 28.8. The summed E-state index contributed by atoms with van der Waals surface area (Å²) in [6.45, 7) is -0.0548. The number of carboxylic acid groups (broad SMARTS) is 1. The molecule has 1 rings (SSSR count). The van der Waals surface area contributed by atoms with Gasteiger partial charge in [-0.2, -0.15) is 0 Å². The number of aliphatic hydroxyl groups excluding tert-OH is 1. The van der Waals surface area contributed by atoms with E-state index in [2.05, 4.69) is 0 Å². The van der Waals surface area contributed by atoms with E-state index in [1.165, 1.54) is 0 Å². The summed E-state index contributed by atoms with van der Waals surface area (Å²) in [6, 6.07) is 0. The molecule has 7 heteroatoms. The maximum absolute atomic E-state index is 11.4. The first kappa shape index (κ1) is 13.4. The molecule has 1 atom stereocenters. The van der Waals surface area contributed by atoms with Crippen LogP contribution in [-0.2, 0) is 19.4 Å². The number of ether oxygens (including phenoxy) is 1. The first-order chi connectivity index (χ1) is 7.42. The second kappa shape index (κ2) is 5.11. The second-order valence-electron chi connectivity index (χ2n) is 3.92. The maximum Gasteiger partial charge on any atom is 0.337 e. The summed E-state index contributed by atoms with van der Waals surface area (Å²) in [5, 5.41) is 17.6. The van der Waals surface area contributed by atoms with Crippen LogP contribution in [0.5, 0.6) is 0 Å². The van der Waals surface area contributed by atoms with Gasteiger partial charge in [-0.3, -0.25) is 0 Å². The molecule has 0 radical (unpaired) electrons. The third kappa shape index (κ3) is 3.16. The maximum atomic E-state index is 11.4. The number of sulfone groups is 1.